The minimum atomic E-state index is -4.36. The zero-order valence-corrected chi connectivity index (χ0v) is 56.7. The van der Waals surface area contributed by atoms with Gasteiger partial charge in [-0.1, -0.05) is 346 Å². The molecule has 3 N–H and O–H groups in total. The van der Waals surface area contributed by atoms with Gasteiger partial charge in [0.25, 0.3) is 0 Å². The van der Waals surface area contributed by atoms with Crippen LogP contribution < -0.4 is 5.32 Å². The van der Waals surface area contributed by atoms with Gasteiger partial charge in [0.05, 0.1) is 39.9 Å². The van der Waals surface area contributed by atoms with E-state index in [0.717, 1.165) is 38.5 Å². The van der Waals surface area contributed by atoms with Crippen LogP contribution in [0.5, 0.6) is 0 Å². The van der Waals surface area contributed by atoms with E-state index < -0.39 is 20.0 Å². The lowest BCUT2D eigenvalue weighted by molar-refractivity contribution is -0.870. The first-order valence-electron chi connectivity index (χ1n) is 36.4. The second-order valence-electron chi connectivity index (χ2n) is 26.3. The van der Waals surface area contributed by atoms with Crippen molar-refractivity contribution in [2.45, 2.75) is 386 Å². The molecule has 8 nitrogen and oxygen atoms in total. The first-order valence-corrected chi connectivity index (χ1v) is 37.9. The number of carbonyl (C=O) groups excluding carboxylic acids is 1. The minimum Gasteiger partial charge on any atom is -0.387 e. The van der Waals surface area contributed by atoms with Gasteiger partial charge in [-0.3, -0.25) is 13.8 Å². The van der Waals surface area contributed by atoms with Crippen LogP contribution in [-0.4, -0.2) is 73.4 Å². The number of aliphatic hydroxyl groups is 1. The van der Waals surface area contributed by atoms with Gasteiger partial charge in [0.2, 0.25) is 5.91 Å². The molecule has 3 atom stereocenters. The van der Waals surface area contributed by atoms with Crippen molar-refractivity contribution >= 4 is 13.7 Å². The number of allylic oxidation sites excluding steroid dienone is 5. The van der Waals surface area contributed by atoms with Crippen molar-refractivity contribution in [3.63, 3.8) is 0 Å². The van der Waals surface area contributed by atoms with Crippen LogP contribution in [0.1, 0.15) is 373 Å². The van der Waals surface area contributed by atoms with Gasteiger partial charge in [0.1, 0.15) is 13.2 Å². The second kappa shape index (κ2) is 64.2. The lowest BCUT2D eigenvalue weighted by Crippen LogP contribution is -2.45. The predicted molar refractivity (Wildman–Crippen MR) is 360 cm³/mol. The fourth-order valence-electron chi connectivity index (χ4n) is 11.2. The minimum absolute atomic E-state index is 0.0584. The third kappa shape index (κ3) is 66.2. The molecular weight excluding hydrogens is 1030 g/mol. The Hall–Kier alpha value is -1.28. The second-order valence-corrected chi connectivity index (χ2v) is 27.8. The normalized spacial score (nSPS) is 13.8. The quantitative estimate of drug-likeness (QED) is 0.0243. The maximum absolute atomic E-state index is 13.0. The van der Waals surface area contributed by atoms with E-state index >= 15 is 0 Å². The first-order chi connectivity index (χ1) is 40.0. The molecule has 0 spiro atoms. The van der Waals surface area contributed by atoms with Crippen molar-refractivity contribution in [1.29, 1.82) is 0 Å². The highest BCUT2D eigenvalue weighted by molar-refractivity contribution is 7.47. The number of hydrogen-bond acceptors (Lipinski definition) is 5. The van der Waals surface area contributed by atoms with Crippen LogP contribution in [0.15, 0.2) is 36.5 Å². The molecule has 3 unspecified atom stereocenters. The summed E-state index contributed by atoms with van der Waals surface area (Å²) in [5.41, 5.74) is 0. The number of rotatable bonds is 68. The van der Waals surface area contributed by atoms with E-state index in [1.54, 1.807) is 6.08 Å². The van der Waals surface area contributed by atoms with Gasteiger partial charge in [0, 0.05) is 6.42 Å². The van der Waals surface area contributed by atoms with Crippen molar-refractivity contribution in [3.05, 3.63) is 36.5 Å². The van der Waals surface area contributed by atoms with Crippen molar-refractivity contribution < 1.29 is 32.9 Å². The molecule has 0 fully saturated rings. The van der Waals surface area contributed by atoms with Crippen molar-refractivity contribution in [1.82, 2.24) is 5.32 Å². The molecule has 0 aliphatic heterocycles. The Balaban J connectivity index is 3.89. The molecule has 0 aliphatic carbocycles. The molecule has 9 heteroatoms. The summed E-state index contributed by atoms with van der Waals surface area (Å²) in [6.07, 6.45) is 86.1. The summed E-state index contributed by atoms with van der Waals surface area (Å²) < 4.78 is 23.8. The molecule has 0 rings (SSSR count). The van der Waals surface area contributed by atoms with Crippen LogP contribution in [0.2, 0.25) is 0 Å². The SMILES string of the molecule is CCCCCCCCCC/C=C\CCCCCCCCCCCCCCCCCCCCCCCCCCCCCCCC(=O)NC(COP(=O)(O)OCC[N+](C)(C)C)C(O)/C=C/CC/C=C/CCCCCCCCCCCCCCC. The van der Waals surface area contributed by atoms with Crippen LogP contribution in [-0.2, 0) is 18.4 Å². The molecule has 0 saturated heterocycles. The largest absolute Gasteiger partial charge is 0.472 e. The molecule has 82 heavy (non-hydrogen) atoms. The third-order valence-electron chi connectivity index (χ3n) is 16.8. The molecule has 0 radical (unpaired) electrons. The molecule has 0 aromatic rings. The van der Waals surface area contributed by atoms with E-state index in [9.17, 15) is 19.4 Å². The number of hydrogen-bond donors (Lipinski definition) is 3. The van der Waals surface area contributed by atoms with Crippen LogP contribution in [0.3, 0.4) is 0 Å². The lowest BCUT2D eigenvalue weighted by atomic mass is 10.0. The summed E-state index contributed by atoms with van der Waals surface area (Å²) in [6.45, 7) is 4.85. The van der Waals surface area contributed by atoms with Crippen LogP contribution >= 0.6 is 7.82 Å². The average molecular weight is 1180 g/mol. The number of nitrogens with zero attached hydrogens (tertiary/aromatic N) is 1. The van der Waals surface area contributed by atoms with Crippen LogP contribution in [0.4, 0.5) is 0 Å². The molecule has 0 aromatic heterocycles. The van der Waals surface area contributed by atoms with E-state index in [1.807, 2.05) is 27.2 Å². The Labute approximate surface area is 512 Å². The molecule has 0 saturated carbocycles. The van der Waals surface area contributed by atoms with E-state index in [2.05, 4.69) is 43.5 Å². The number of aliphatic hydroxyl groups excluding tert-OH is 1. The Morgan fingerprint density at radius 1 is 0.402 bits per heavy atom. The highest BCUT2D eigenvalue weighted by atomic mass is 31.2. The van der Waals surface area contributed by atoms with E-state index in [-0.39, 0.29) is 19.1 Å². The molecule has 0 heterocycles. The van der Waals surface area contributed by atoms with Crippen LogP contribution in [0.25, 0.3) is 0 Å². The summed E-state index contributed by atoms with van der Waals surface area (Å²) in [6, 6.07) is -0.862. The van der Waals surface area contributed by atoms with E-state index in [4.69, 9.17) is 9.05 Å². The maximum Gasteiger partial charge on any atom is 0.472 e. The average Bonchev–Trinajstić information content (AvgIpc) is 3.47. The molecule has 0 aromatic carbocycles. The molecule has 486 valence electrons. The van der Waals surface area contributed by atoms with Gasteiger partial charge in [0.15, 0.2) is 0 Å². The highest BCUT2D eigenvalue weighted by Crippen LogP contribution is 2.43. The van der Waals surface area contributed by atoms with Gasteiger partial charge in [-0.05, 0) is 57.8 Å². The fraction of sp³-hybridized carbons (Fsp3) is 0.904. The fourth-order valence-corrected chi connectivity index (χ4v) is 11.9. The summed E-state index contributed by atoms with van der Waals surface area (Å²) in [4.78, 5) is 23.4. The van der Waals surface area contributed by atoms with Crippen molar-refractivity contribution in [2.75, 3.05) is 40.9 Å². The number of nitrogens with one attached hydrogen (secondary N) is 1. The third-order valence-corrected chi connectivity index (χ3v) is 17.8. The zero-order chi connectivity index (χ0) is 59.8. The van der Waals surface area contributed by atoms with Crippen molar-refractivity contribution in [2.24, 2.45) is 0 Å². The number of carbonyl (C=O) groups is 1. The highest BCUT2D eigenvalue weighted by Gasteiger charge is 2.28. The summed E-state index contributed by atoms with van der Waals surface area (Å²) in [7, 11) is 1.57. The molecular formula is C73H144N2O6P+. The Morgan fingerprint density at radius 3 is 0.976 bits per heavy atom. The number of likely N-dealkylation sites (N-methyl/N-ethyl adjacent to an activating group) is 1. The summed E-state index contributed by atoms with van der Waals surface area (Å²) in [5, 5.41) is 14.0. The topological polar surface area (TPSA) is 105 Å². The van der Waals surface area contributed by atoms with E-state index in [0.29, 0.717) is 17.4 Å². The maximum atomic E-state index is 13.0. The van der Waals surface area contributed by atoms with Gasteiger partial charge < -0.3 is 19.8 Å². The Kier molecular flexibility index (Phi) is 63.2. The molecule has 1 amide bonds. The zero-order valence-electron chi connectivity index (χ0n) is 55.8. The van der Waals surface area contributed by atoms with Gasteiger partial charge >= 0.3 is 7.82 Å². The monoisotopic (exact) mass is 1180 g/mol. The summed E-state index contributed by atoms with van der Waals surface area (Å²) in [5.74, 6) is -0.179. The number of amides is 1. The Bertz CT molecular complexity index is 1430. The summed E-state index contributed by atoms with van der Waals surface area (Å²) >= 11 is 0. The van der Waals surface area contributed by atoms with Gasteiger partial charge in [-0.25, -0.2) is 4.57 Å². The number of phosphoric acid groups is 1. The number of quaternary nitrogens is 1. The Morgan fingerprint density at radius 2 is 0.671 bits per heavy atom. The van der Waals surface area contributed by atoms with Gasteiger partial charge in [-0.15, -0.1) is 0 Å². The predicted octanol–water partition coefficient (Wildman–Crippen LogP) is 23.2. The number of phosphoric ester groups is 1. The smallest absolute Gasteiger partial charge is 0.387 e. The standard InChI is InChI=1S/C73H143N2O6P/c1-6-8-10-12-14-16-18-20-22-24-26-27-28-29-30-31-32-33-34-35-36-37-38-39-40-41-42-43-44-45-46-47-49-51-53-55-57-59-61-63-65-67-73(77)74-71(70-81-82(78,79)80-69-68-75(3,4)5)72(76)66-64-62-60-58-56-54-52-50-48-25-23-21-19-17-15-13-11-9-7-2/h24,26,56,58,64,66,71-72,76H,6-23,25,27-55,57,59-63,65,67-70H2,1-5H3,(H-,74,77,78,79)/p+1/b26-24-,58-56+,66-64+. The van der Waals surface area contributed by atoms with Crippen LogP contribution in [0, 0.1) is 0 Å². The van der Waals surface area contributed by atoms with E-state index in [1.165, 1.54) is 315 Å². The number of unbranched alkanes of at least 4 members (excludes halogenated alkanes) is 51. The molecule has 0 bridgehead atoms. The van der Waals surface area contributed by atoms with Crippen molar-refractivity contribution in [3.8, 4) is 0 Å². The van der Waals surface area contributed by atoms with Gasteiger partial charge in [-0.2, -0.15) is 0 Å². The first kappa shape index (κ1) is 80.7. The molecule has 0 aliphatic rings. The lowest BCUT2D eigenvalue weighted by Gasteiger charge is -2.25.